The predicted molar refractivity (Wildman–Crippen MR) is 47.1 cm³/mol. The van der Waals surface area contributed by atoms with Gasteiger partial charge in [-0.05, 0) is 19.1 Å². The van der Waals surface area contributed by atoms with Gasteiger partial charge in [0.05, 0.1) is 5.03 Å². The molecule has 0 fully saturated rings. The fraction of sp³-hybridized carbons (Fsp3) is 0.250. The molecule has 4 heteroatoms. The third-order valence-electron chi connectivity index (χ3n) is 1.41. The molecule has 0 aromatic carbocycles. The van der Waals surface area contributed by atoms with E-state index in [0.29, 0.717) is 11.3 Å². The number of rotatable bonds is 1. The van der Waals surface area contributed by atoms with Gasteiger partial charge in [-0.15, -0.1) is 0 Å². The summed E-state index contributed by atoms with van der Waals surface area (Å²) in [6, 6.07) is 0. The highest BCUT2D eigenvalue weighted by Crippen LogP contribution is 2.15. The normalized spacial score (nSPS) is 20.6. The third-order valence-corrected chi connectivity index (χ3v) is 1.69. The van der Waals surface area contributed by atoms with Crippen molar-refractivity contribution in [1.29, 1.82) is 0 Å². The quantitative estimate of drug-likeness (QED) is 0.460. The van der Waals surface area contributed by atoms with E-state index >= 15 is 0 Å². The average Bonchev–Trinajstić information content (AvgIpc) is 2.01. The number of carbonyl (C=O) groups excluding carboxylic acids is 1. The van der Waals surface area contributed by atoms with E-state index in [0.717, 1.165) is 0 Å². The molecule has 1 aliphatic rings. The highest BCUT2D eigenvalue weighted by atomic mass is 35.5. The van der Waals surface area contributed by atoms with Gasteiger partial charge in [0, 0.05) is 5.57 Å². The van der Waals surface area contributed by atoms with Gasteiger partial charge in [-0.1, -0.05) is 16.8 Å². The van der Waals surface area contributed by atoms with E-state index in [-0.39, 0.29) is 10.8 Å². The fourth-order valence-corrected chi connectivity index (χ4v) is 1.13. The molecule has 0 unspecified atom stereocenters. The smallest absolute Gasteiger partial charge is 0.200 e. The molecule has 64 valence electrons. The number of hydrogen-bond acceptors (Lipinski definition) is 3. The van der Waals surface area contributed by atoms with E-state index in [2.05, 4.69) is 9.99 Å². The van der Waals surface area contributed by atoms with Gasteiger partial charge in [0.2, 0.25) is 0 Å². The second kappa shape index (κ2) is 3.54. The van der Waals surface area contributed by atoms with Crippen LogP contribution in [0.25, 0.3) is 0 Å². The van der Waals surface area contributed by atoms with Crippen molar-refractivity contribution in [3.05, 3.63) is 22.8 Å². The van der Waals surface area contributed by atoms with Crippen LogP contribution in [0.3, 0.4) is 0 Å². The first-order chi connectivity index (χ1) is 5.65. The van der Waals surface area contributed by atoms with Crippen molar-refractivity contribution in [3.63, 3.8) is 0 Å². The van der Waals surface area contributed by atoms with Gasteiger partial charge in [0.25, 0.3) is 0 Å². The SMILES string of the molecule is CO/N=C1\C=C(C)C(=O)C(Cl)=C1. The molecule has 0 spiro atoms. The van der Waals surface area contributed by atoms with Crippen LogP contribution in [-0.4, -0.2) is 18.6 Å². The van der Waals surface area contributed by atoms with Crippen molar-refractivity contribution >= 4 is 23.1 Å². The van der Waals surface area contributed by atoms with E-state index in [1.807, 2.05) is 0 Å². The predicted octanol–water partition coefficient (Wildman–Crippen LogP) is 1.64. The monoisotopic (exact) mass is 185 g/mol. The summed E-state index contributed by atoms with van der Waals surface area (Å²) >= 11 is 5.63. The molecule has 12 heavy (non-hydrogen) atoms. The topological polar surface area (TPSA) is 38.7 Å². The van der Waals surface area contributed by atoms with E-state index in [1.54, 1.807) is 13.0 Å². The molecule has 0 aliphatic heterocycles. The maximum Gasteiger partial charge on any atom is 0.200 e. The number of carbonyl (C=O) groups is 1. The van der Waals surface area contributed by atoms with E-state index < -0.39 is 0 Å². The zero-order valence-electron chi connectivity index (χ0n) is 6.80. The minimum absolute atomic E-state index is 0.160. The van der Waals surface area contributed by atoms with Crippen molar-refractivity contribution in [2.24, 2.45) is 5.16 Å². The zero-order valence-corrected chi connectivity index (χ0v) is 7.55. The van der Waals surface area contributed by atoms with Crippen LogP contribution < -0.4 is 0 Å². The van der Waals surface area contributed by atoms with E-state index in [9.17, 15) is 4.79 Å². The van der Waals surface area contributed by atoms with Crippen molar-refractivity contribution in [2.75, 3.05) is 7.11 Å². The molecule has 0 aromatic heterocycles. The lowest BCUT2D eigenvalue weighted by Crippen LogP contribution is -2.09. The van der Waals surface area contributed by atoms with Crippen molar-refractivity contribution in [2.45, 2.75) is 6.92 Å². The highest BCUT2D eigenvalue weighted by Gasteiger charge is 2.15. The Kier molecular flexibility index (Phi) is 2.65. The molecule has 1 rings (SSSR count). The van der Waals surface area contributed by atoms with Gasteiger partial charge in [0.1, 0.15) is 12.8 Å². The standard InChI is InChI=1S/C8H8ClNO2/c1-5-3-6(10-12-2)4-7(9)8(5)11/h3-4H,1-2H3/b10-6+. The largest absolute Gasteiger partial charge is 0.399 e. The number of ketones is 1. The van der Waals surface area contributed by atoms with Gasteiger partial charge in [-0.2, -0.15) is 0 Å². The molecule has 0 heterocycles. The van der Waals surface area contributed by atoms with Gasteiger partial charge >= 0.3 is 0 Å². The first-order valence-electron chi connectivity index (χ1n) is 3.36. The lowest BCUT2D eigenvalue weighted by atomic mass is 10.1. The van der Waals surface area contributed by atoms with Crippen molar-refractivity contribution in [3.8, 4) is 0 Å². The second-order valence-electron chi connectivity index (χ2n) is 2.35. The number of hydrogen-bond donors (Lipinski definition) is 0. The van der Waals surface area contributed by atoms with Gasteiger partial charge in [0.15, 0.2) is 5.78 Å². The van der Waals surface area contributed by atoms with Gasteiger partial charge in [-0.25, -0.2) is 0 Å². The zero-order chi connectivity index (χ0) is 9.14. The van der Waals surface area contributed by atoms with Crippen LogP contribution in [0.15, 0.2) is 27.9 Å². The Balaban J connectivity index is 2.99. The number of Topliss-reactive ketones (excluding diaryl/α,β-unsaturated/α-hetero) is 1. The van der Waals surface area contributed by atoms with Crippen LogP contribution in [0.4, 0.5) is 0 Å². The average molecular weight is 186 g/mol. The molecular weight excluding hydrogens is 178 g/mol. The van der Waals surface area contributed by atoms with Gasteiger partial charge in [-0.3, -0.25) is 4.79 Å². The first kappa shape index (κ1) is 9.00. The third kappa shape index (κ3) is 1.74. The van der Waals surface area contributed by atoms with Crippen molar-refractivity contribution in [1.82, 2.24) is 0 Å². The molecule has 0 radical (unpaired) electrons. The lowest BCUT2D eigenvalue weighted by Gasteiger charge is -2.05. The Bertz CT molecular complexity index is 278. The first-order valence-corrected chi connectivity index (χ1v) is 3.74. The van der Waals surface area contributed by atoms with Crippen LogP contribution in [0.1, 0.15) is 6.92 Å². The summed E-state index contributed by atoms with van der Waals surface area (Å²) in [6.45, 7) is 1.68. The van der Waals surface area contributed by atoms with Crippen LogP contribution in [0.5, 0.6) is 0 Å². The molecule has 0 saturated heterocycles. The summed E-state index contributed by atoms with van der Waals surface area (Å²) in [5, 5.41) is 3.82. The Hall–Kier alpha value is -1.09. The number of nitrogens with zero attached hydrogens (tertiary/aromatic N) is 1. The second-order valence-corrected chi connectivity index (χ2v) is 2.75. The minimum Gasteiger partial charge on any atom is -0.399 e. The minimum atomic E-state index is -0.160. The van der Waals surface area contributed by atoms with Crippen LogP contribution in [-0.2, 0) is 9.63 Å². The number of oxime groups is 1. The van der Waals surface area contributed by atoms with Crippen molar-refractivity contribution < 1.29 is 9.63 Å². The Morgan fingerprint density at radius 1 is 1.50 bits per heavy atom. The maximum atomic E-state index is 11.1. The summed E-state index contributed by atoms with van der Waals surface area (Å²) in [5.41, 5.74) is 1.12. The van der Waals surface area contributed by atoms with Crippen LogP contribution in [0, 0.1) is 0 Å². The van der Waals surface area contributed by atoms with Gasteiger partial charge < -0.3 is 4.84 Å². The molecule has 0 amide bonds. The maximum absolute atomic E-state index is 11.1. The number of allylic oxidation sites excluding steroid dienone is 4. The molecule has 0 bridgehead atoms. The summed E-state index contributed by atoms with van der Waals surface area (Å²) in [7, 11) is 1.44. The summed E-state index contributed by atoms with van der Waals surface area (Å²) in [5.74, 6) is -0.160. The van der Waals surface area contributed by atoms with E-state index in [1.165, 1.54) is 13.2 Å². The summed E-state index contributed by atoms with van der Waals surface area (Å²) in [6.07, 6.45) is 3.10. The lowest BCUT2D eigenvalue weighted by molar-refractivity contribution is -0.111. The molecular formula is C8H8ClNO2. The fourth-order valence-electron chi connectivity index (χ4n) is 0.871. The molecule has 0 aromatic rings. The molecule has 1 aliphatic carbocycles. The Morgan fingerprint density at radius 2 is 2.17 bits per heavy atom. The van der Waals surface area contributed by atoms with E-state index in [4.69, 9.17) is 11.6 Å². The van der Waals surface area contributed by atoms with Crippen LogP contribution >= 0.6 is 11.6 Å². The molecule has 0 atom stereocenters. The number of halogens is 1. The Morgan fingerprint density at radius 3 is 2.67 bits per heavy atom. The summed E-state index contributed by atoms with van der Waals surface area (Å²) < 4.78 is 0. The van der Waals surface area contributed by atoms with Crippen LogP contribution in [0.2, 0.25) is 0 Å². The summed E-state index contributed by atoms with van der Waals surface area (Å²) in [4.78, 5) is 15.7. The Labute approximate surface area is 75.3 Å². The highest BCUT2D eigenvalue weighted by molar-refractivity contribution is 6.48. The molecule has 3 nitrogen and oxygen atoms in total. The molecule has 0 N–H and O–H groups in total. The molecule has 0 saturated carbocycles.